The van der Waals surface area contributed by atoms with Gasteiger partial charge in [0.05, 0.1) is 11.3 Å². The van der Waals surface area contributed by atoms with Crippen molar-refractivity contribution in [3.05, 3.63) is 106 Å². The summed E-state index contributed by atoms with van der Waals surface area (Å²) in [6, 6.07) is 21.0. The zero-order valence-corrected chi connectivity index (χ0v) is 17.6. The molecule has 3 N–H and O–H groups in total. The molecule has 0 aromatic heterocycles. The fraction of sp³-hybridized carbons (Fsp3) is 0.125. The highest BCUT2D eigenvalue weighted by Gasteiger charge is 2.10. The number of carbonyl (C=O) groups is 3. The van der Waals surface area contributed by atoms with Crippen LogP contribution in [0.1, 0.15) is 26.3 Å². The highest BCUT2D eigenvalue weighted by Crippen LogP contribution is 2.14. The summed E-state index contributed by atoms with van der Waals surface area (Å²) in [5.41, 5.74) is 2.10. The lowest BCUT2D eigenvalue weighted by atomic mass is 10.1. The Morgan fingerprint density at radius 1 is 0.727 bits per heavy atom. The van der Waals surface area contributed by atoms with Crippen LogP contribution in [0.25, 0.3) is 0 Å². The van der Waals surface area contributed by atoms with E-state index in [4.69, 9.17) is 0 Å². The van der Waals surface area contributed by atoms with E-state index in [2.05, 4.69) is 16.0 Å². The molecule has 0 spiro atoms. The zero-order chi connectivity index (χ0) is 23.6. The average molecular weight is 446 g/mol. The van der Waals surface area contributed by atoms with Crippen molar-refractivity contribution in [2.45, 2.75) is 6.42 Å². The van der Waals surface area contributed by atoms with Crippen molar-refractivity contribution in [2.24, 2.45) is 0 Å². The van der Waals surface area contributed by atoms with E-state index < -0.39 is 4.92 Å². The van der Waals surface area contributed by atoms with E-state index in [0.717, 1.165) is 0 Å². The van der Waals surface area contributed by atoms with Gasteiger partial charge < -0.3 is 16.0 Å². The Bertz CT molecular complexity index is 1130. The second kappa shape index (κ2) is 11.2. The third-order valence-corrected chi connectivity index (χ3v) is 4.67. The minimum absolute atomic E-state index is 0.0356. The van der Waals surface area contributed by atoms with Gasteiger partial charge in [-0.25, -0.2) is 0 Å². The molecule has 3 aromatic carbocycles. The lowest BCUT2D eigenvalue weighted by molar-refractivity contribution is -0.384. The molecule has 9 heteroatoms. The van der Waals surface area contributed by atoms with Gasteiger partial charge in [-0.3, -0.25) is 24.5 Å². The van der Waals surface area contributed by atoms with Crippen LogP contribution in [-0.2, 0) is 11.2 Å². The molecule has 0 atom stereocenters. The molecular weight excluding hydrogens is 424 g/mol. The molecule has 3 rings (SSSR count). The number of amides is 3. The Hall–Kier alpha value is -4.53. The van der Waals surface area contributed by atoms with Crippen LogP contribution in [0, 0.1) is 10.1 Å². The summed E-state index contributed by atoms with van der Waals surface area (Å²) in [6.07, 6.45) is 0.0644. The summed E-state index contributed by atoms with van der Waals surface area (Å²) in [4.78, 5) is 46.6. The van der Waals surface area contributed by atoms with Gasteiger partial charge in [-0.15, -0.1) is 0 Å². The Labute approximate surface area is 190 Å². The largest absolute Gasteiger partial charge is 0.350 e. The fourth-order valence-corrected chi connectivity index (χ4v) is 2.98. The van der Waals surface area contributed by atoms with E-state index in [1.165, 1.54) is 24.3 Å². The first kappa shape index (κ1) is 23.1. The number of nitro groups is 1. The predicted molar refractivity (Wildman–Crippen MR) is 123 cm³/mol. The van der Waals surface area contributed by atoms with Gasteiger partial charge in [0, 0.05) is 42.0 Å². The number of hydrogen-bond acceptors (Lipinski definition) is 5. The van der Waals surface area contributed by atoms with Crippen LogP contribution >= 0.6 is 0 Å². The van der Waals surface area contributed by atoms with Crippen LogP contribution in [0.3, 0.4) is 0 Å². The Morgan fingerprint density at radius 2 is 1.27 bits per heavy atom. The van der Waals surface area contributed by atoms with Crippen LogP contribution in [0.4, 0.5) is 11.4 Å². The molecule has 3 amide bonds. The Kier molecular flexibility index (Phi) is 7.85. The lowest BCUT2D eigenvalue weighted by Crippen LogP contribution is -2.34. The molecule has 0 aliphatic rings. The highest BCUT2D eigenvalue weighted by molar-refractivity contribution is 5.96. The summed E-state index contributed by atoms with van der Waals surface area (Å²) in [7, 11) is 0. The summed E-state index contributed by atoms with van der Waals surface area (Å²) < 4.78 is 0. The molecule has 0 fully saturated rings. The Morgan fingerprint density at radius 3 is 1.82 bits per heavy atom. The molecule has 0 heterocycles. The van der Waals surface area contributed by atoms with Crippen molar-refractivity contribution in [2.75, 3.05) is 18.4 Å². The van der Waals surface area contributed by atoms with Gasteiger partial charge in [0.2, 0.25) is 5.91 Å². The predicted octanol–water partition coefficient (Wildman–Crippen LogP) is 2.94. The van der Waals surface area contributed by atoms with Crippen LogP contribution < -0.4 is 16.0 Å². The summed E-state index contributed by atoms with van der Waals surface area (Å²) in [5, 5.41) is 18.9. The van der Waals surface area contributed by atoms with Gasteiger partial charge in [-0.2, -0.15) is 0 Å². The first-order valence-electron chi connectivity index (χ1n) is 10.2. The molecule has 0 saturated carbocycles. The molecule has 33 heavy (non-hydrogen) atoms. The summed E-state index contributed by atoms with van der Waals surface area (Å²) in [6.45, 7) is 0.557. The number of nitrogens with one attached hydrogen (secondary N) is 3. The van der Waals surface area contributed by atoms with Gasteiger partial charge in [0.1, 0.15) is 0 Å². The number of non-ortho nitro benzene ring substituents is 1. The highest BCUT2D eigenvalue weighted by atomic mass is 16.6. The molecule has 3 aromatic rings. The van der Waals surface area contributed by atoms with Gasteiger partial charge in [-0.05, 0) is 42.0 Å². The molecular formula is C24H22N4O5. The van der Waals surface area contributed by atoms with Crippen molar-refractivity contribution in [3.63, 3.8) is 0 Å². The molecule has 0 bridgehead atoms. The van der Waals surface area contributed by atoms with E-state index in [1.54, 1.807) is 48.5 Å². The van der Waals surface area contributed by atoms with Crippen molar-refractivity contribution in [1.29, 1.82) is 0 Å². The number of nitro benzene ring substituents is 1. The fourth-order valence-electron chi connectivity index (χ4n) is 2.98. The van der Waals surface area contributed by atoms with E-state index >= 15 is 0 Å². The average Bonchev–Trinajstić information content (AvgIpc) is 2.83. The van der Waals surface area contributed by atoms with Crippen molar-refractivity contribution < 1.29 is 19.3 Å². The normalized spacial score (nSPS) is 10.2. The van der Waals surface area contributed by atoms with Crippen LogP contribution in [0.15, 0.2) is 78.9 Å². The third-order valence-electron chi connectivity index (χ3n) is 4.67. The topological polar surface area (TPSA) is 130 Å². The molecule has 0 saturated heterocycles. The zero-order valence-electron chi connectivity index (χ0n) is 17.6. The smallest absolute Gasteiger partial charge is 0.269 e. The molecule has 168 valence electrons. The monoisotopic (exact) mass is 446 g/mol. The second-order valence-electron chi connectivity index (χ2n) is 7.10. The number of anilines is 1. The van der Waals surface area contributed by atoms with Gasteiger partial charge in [0.25, 0.3) is 17.5 Å². The first-order valence-corrected chi connectivity index (χ1v) is 10.2. The standard InChI is InChI=1S/C24H22N4O5/c29-22(16-17-6-12-21(13-7-17)28(32)33)27-20-10-8-19(9-11-20)24(31)26-15-14-25-23(30)18-4-2-1-3-5-18/h1-13H,14-16H2,(H,25,30)(H,26,31)(H,27,29). The quantitative estimate of drug-likeness (QED) is 0.264. The minimum atomic E-state index is -0.498. The maximum Gasteiger partial charge on any atom is 0.269 e. The van der Waals surface area contributed by atoms with E-state index in [9.17, 15) is 24.5 Å². The molecule has 0 aliphatic heterocycles. The number of nitrogens with zero attached hydrogens (tertiary/aromatic N) is 1. The van der Waals surface area contributed by atoms with Crippen LogP contribution in [0.5, 0.6) is 0 Å². The third kappa shape index (κ3) is 7.00. The van der Waals surface area contributed by atoms with Gasteiger partial charge >= 0.3 is 0 Å². The van der Waals surface area contributed by atoms with Gasteiger partial charge in [0.15, 0.2) is 0 Å². The number of hydrogen-bond donors (Lipinski definition) is 3. The first-order chi connectivity index (χ1) is 15.9. The van der Waals surface area contributed by atoms with Crippen LogP contribution in [0.2, 0.25) is 0 Å². The van der Waals surface area contributed by atoms with Crippen molar-refractivity contribution in [1.82, 2.24) is 10.6 Å². The number of benzene rings is 3. The van der Waals surface area contributed by atoms with E-state index in [1.807, 2.05) is 6.07 Å². The van der Waals surface area contributed by atoms with Gasteiger partial charge in [-0.1, -0.05) is 30.3 Å². The molecule has 9 nitrogen and oxygen atoms in total. The maximum atomic E-state index is 12.3. The minimum Gasteiger partial charge on any atom is -0.350 e. The van der Waals surface area contributed by atoms with Crippen molar-refractivity contribution >= 4 is 29.1 Å². The summed E-state index contributed by atoms with van der Waals surface area (Å²) >= 11 is 0. The van der Waals surface area contributed by atoms with E-state index in [0.29, 0.717) is 22.4 Å². The van der Waals surface area contributed by atoms with E-state index in [-0.39, 0.29) is 42.9 Å². The lowest BCUT2D eigenvalue weighted by Gasteiger charge is -2.09. The number of carbonyl (C=O) groups excluding carboxylic acids is 3. The number of rotatable bonds is 9. The van der Waals surface area contributed by atoms with Crippen molar-refractivity contribution in [3.8, 4) is 0 Å². The Balaban J connectivity index is 1.42. The molecule has 0 aliphatic carbocycles. The SMILES string of the molecule is O=C(Cc1ccc([N+](=O)[O-])cc1)Nc1ccc(C(=O)NCCNC(=O)c2ccccc2)cc1. The molecule has 0 radical (unpaired) electrons. The van der Waals surface area contributed by atoms with Crippen LogP contribution in [-0.4, -0.2) is 35.7 Å². The molecule has 0 unspecified atom stereocenters. The maximum absolute atomic E-state index is 12.3. The summed E-state index contributed by atoms with van der Waals surface area (Å²) in [5.74, 6) is -0.790. The second-order valence-corrected chi connectivity index (χ2v) is 7.10.